The van der Waals surface area contributed by atoms with Crippen molar-refractivity contribution >= 4 is 5.91 Å². The van der Waals surface area contributed by atoms with Gasteiger partial charge in [-0.15, -0.1) is 10.2 Å². The van der Waals surface area contributed by atoms with E-state index in [0.29, 0.717) is 31.2 Å². The van der Waals surface area contributed by atoms with Gasteiger partial charge in [0.05, 0.1) is 6.54 Å². The largest absolute Gasteiger partial charge is 0.481 e. The van der Waals surface area contributed by atoms with Crippen molar-refractivity contribution in [1.82, 2.24) is 15.1 Å². The van der Waals surface area contributed by atoms with Gasteiger partial charge in [-0.3, -0.25) is 4.79 Å². The van der Waals surface area contributed by atoms with Crippen LogP contribution in [0, 0.1) is 0 Å². The van der Waals surface area contributed by atoms with Crippen molar-refractivity contribution in [3.8, 4) is 5.75 Å². The van der Waals surface area contributed by atoms with Crippen molar-refractivity contribution in [3.63, 3.8) is 0 Å². The quantitative estimate of drug-likeness (QED) is 0.684. The summed E-state index contributed by atoms with van der Waals surface area (Å²) in [4.78, 5) is 15.0. The summed E-state index contributed by atoms with van der Waals surface area (Å²) in [6.45, 7) is 8.21. The molecule has 152 valence electrons. The normalized spacial score (nSPS) is 14.6. The first kappa shape index (κ1) is 20.4. The Morgan fingerprint density at radius 3 is 2.50 bits per heavy atom. The van der Waals surface area contributed by atoms with Crippen LogP contribution in [0.5, 0.6) is 5.75 Å². The zero-order chi connectivity index (χ0) is 20.1. The van der Waals surface area contributed by atoms with Gasteiger partial charge in [-0.1, -0.05) is 19.9 Å². The van der Waals surface area contributed by atoms with Crippen LogP contribution in [-0.2, 0) is 30.6 Å². The van der Waals surface area contributed by atoms with Crippen molar-refractivity contribution in [1.29, 1.82) is 0 Å². The second kappa shape index (κ2) is 9.22. The highest BCUT2D eigenvalue weighted by Crippen LogP contribution is 2.26. The van der Waals surface area contributed by atoms with Crippen LogP contribution < -0.4 is 4.74 Å². The number of aromatic nitrogens is 2. The lowest BCUT2D eigenvalue weighted by molar-refractivity contribution is -0.141. The van der Waals surface area contributed by atoms with Crippen LogP contribution in [0.3, 0.4) is 0 Å². The molecule has 0 spiro atoms. The Labute approximate surface area is 167 Å². The molecule has 1 aromatic carbocycles. The van der Waals surface area contributed by atoms with Gasteiger partial charge < -0.3 is 14.1 Å². The van der Waals surface area contributed by atoms with Crippen molar-refractivity contribution in [2.75, 3.05) is 0 Å². The van der Waals surface area contributed by atoms with E-state index in [-0.39, 0.29) is 11.9 Å². The lowest BCUT2D eigenvalue weighted by Gasteiger charge is -2.29. The first-order valence-corrected chi connectivity index (χ1v) is 10.4. The van der Waals surface area contributed by atoms with Crippen molar-refractivity contribution < 1.29 is 13.9 Å². The number of nitrogens with zero attached hydrogens (tertiary/aromatic N) is 3. The maximum atomic E-state index is 13.2. The van der Waals surface area contributed by atoms with Crippen LogP contribution in [0.2, 0.25) is 0 Å². The highest BCUT2D eigenvalue weighted by atomic mass is 16.5. The molecule has 1 unspecified atom stereocenters. The van der Waals surface area contributed by atoms with Gasteiger partial charge in [0.1, 0.15) is 5.75 Å². The molecule has 0 bridgehead atoms. The van der Waals surface area contributed by atoms with Crippen LogP contribution in [-0.4, -0.2) is 33.2 Å². The summed E-state index contributed by atoms with van der Waals surface area (Å²) in [5, 5.41) is 8.05. The van der Waals surface area contributed by atoms with E-state index in [9.17, 15) is 4.79 Å². The van der Waals surface area contributed by atoms with E-state index in [1.165, 1.54) is 24.0 Å². The van der Waals surface area contributed by atoms with E-state index in [4.69, 9.17) is 9.15 Å². The number of rotatable bonds is 8. The van der Waals surface area contributed by atoms with E-state index in [0.717, 1.165) is 18.6 Å². The Balaban J connectivity index is 1.72. The number of hydrogen-bond donors (Lipinski definition) is 0. The molecule has 0 N–H and O–H groups in total. The lowest BCUT2D eigenvalue weighted by atomic mass is 9.92. The number of carbonyl (C=O) groups is 1. The average Bonchev–Trinajstić information content (AvgIpc) is 3.17. The third-order valence-electron chi connectivity index (χ3n) is 5.27. The Morgan fingerprint density at radius 2 is 1.86 bits per heavy atom. The number of fused-ring (bicyclic) bond motifs is 1. The van der Waals surface area contributed by atoms with E-state index in [1.807, 2.05) is 33.8 Å². The molecular weight excluding hydrogens is 354 g/mol. The monoisotopic (exact) mass is 385 g/mol. The maximum Gasteiger partial charge on any atom is 0.264 e. The Morgan fingerprint density at radius 1 is 1.14 bits per heavy atom. The van der Waals surface area contributed by atoms with Crippen LogP contribution >= 0.6 is 0 Å². The van der Waals surface area contributed by atoms with Crippen LogP contribution in [0.4, 0.5) is 0 Å². The molecule has 0 aliphatic heterocycles. The Kier molecular flexibility index (Phi) is 6.70. The summed E-state index contributed by atoms with van der Waals surface area (Å²) in [6, 6.07) is 6.25. The Hall–Kier alpha value is -2.37. The van der Waals surface area contributed by atoms with Gasteiger partial charge in [0.25, 0.3) is 5.91 Å². The van der Waals surface area contributed by atoms with Gasteiger partial charge in [0.2, 0.25) is 11.8 Å². The van der Waals surface area contributed by atoms with Crippen LogP contribution in [0.25, 0.3) is 0 Å². The first-order chi connectivity index (χ1) is 13.5. The van der Waals surface area contributed by atoms with Gasteiger partial charge >= 0.3 is 0 Å². The molecule has 0 saturated heterocycles. The van der Waals surface area contributed by atoms with Crippen molar-refractivity contribution in [3.05, 3.63) is 41.1 Å². The third kappa shape index (κ3) is 4.72. The van der Waals surface area contributed by atoms with Crippen LogP contribution in [0.1, 0.15) is 69.9 Å². The van der Waals surface area contributed by atoms with Gasteiger partial charge in [0.15, 0.2) is 6.10 Å². The minimum Gasteiger partial charge on any atom is -0.481 e. The second-order valence-electron chi connectivity index (χ2n) is 7.66. The molecule has 6 heteroatoms. The topological polar surface area (TPSA) is 68.5 Å². The molecule has 1 heterocycles. The molecule has 1 aromatic heterocycles. The summed E-state index contributed by atoms with van der Waals surface area (Å²) >= 11 is 0. The van der Waals surface area contributed by atoms with Gasteiger partial charge in [-0.25, -0.2) is 0 Å². The number of aryl methyl sites for hydroxylation is 3. The fraction of sp³-hybridized carbons (Fsp3) is 0.591. The second-order valence-corrected chi connectivity index (χ2v) is 7.66. The molecule has 1 amide bonds. The van der Waals surface area contributed by atoms with E-state index in [1.54, 1.807) is 4.90 Å². The van der Waals surface area contributed by atoms with Crippen molar-refractivity contribution in [2.24, 2.45) is 0 Å². The zero-order valence-electron chi connectivity index (χ0n) is 17.4. The fourth-order valence-electron chi connectivity index (χ4n) is 3.60. The third-order valence-corrected chi connectivity index (χ3v) is 5.27. The Bertz CT molecular complexity index is 800. The predicted octanol–water partition coefficient (Wildman–Crippen LogP) is 4.11. The van der Waals surface area contributed by atoms with E-state index >= 15 is 0 Å². The number of benzene rings is 1. The molecule has 6 nitrogen and oxygen atoms in total. The summed E-state index contributed by atoms with van der Waals surface area (Å²) in [5.74, 6) is 1.77. The highest BCUT2D eigenvalue weighted by molar-refractivity contribution is 5.81. The maximum absolute atomic E-state index is 13.2. The minimum atomic E-state index is -0.530. The molecular formula is C22H31N3O3. The number of carbonyl (C=O) groups excluding carboxylic acids is 1. The van der Waals surface area contributed by atoms with Gasteiger partial charge in [-0.2, -0.15) is 0 Å². The first-order valence-electron chi connectivity index (χ1n) is 10.4. The molecule has 3 rings (SSSR count). The zero-order valence-corrected chi connectivity index (χ0v) is 17.4. The molecule has 2 aromatic rings. The fourth-order valence-corrected chi connectivity index (χ4v) is 3.60. The smallest absolute Gasteiger partial charge is 0.264 e. The molecule has 1 atom stereocenters. The molecule has 0 fully saturated rings. The summed E-state index contributed by atoms with van der Waals surface area (Å²) < 4.78 is 11.7. The van der Waals surface area contributed by atoms with Gasteiger partial charge in [-0.05, 0) is 69.2 Å². The summed E-state index contributed by atoms with van der Waals surface area (Å²) in [5.41, 5.74) is 2.76. The standard InChI is InChI=1S/C22H31N3O3/c1-5-19(27-18-12-11-16-9-7-8-10-17(16)13-18)22(26)25(15(3)4)14-21-24-23-20(6-2)28-21/h11-13,15,19H,5-10,14H2,1-4H3. The predicted molar refractivity (Wildman–Crippen MR) is 107 cm³/mol. The number of hydrogen-bond acceptors (Lipinski definition) is 5. The lowest BCUT2D eigenvalue weighted by Crippen LogP contribution is -2.45. The van der Waals surface area contributed by atoms with Crippen LogP contribution in [0.15, 0.2) is 22.6 Å². The van der Waals surface area contributed by atoms with E-state index in [2.05, 4.69) is 22.3 Å². The molecule has 1 aliphatic carbocycles. The number of ether oxygens (including phenoxy) is 1. The molecule has 28 heavy (non-hydrogen) atoms. The molecule has 1 aliphatic rings. The highest BCUT2D eigenvalue weighted by Gasteiger charge is 2.28. The van der Waals surface area contributed by atoms with Crippen molar-refractivity contribution in [2.45, 2.75) is 84.9 Å². The molecule has 0 saturated carbocycles. The minimum absolute atomic E-state index is 0.00524. The SMILES string of the molecule is CCc1nnc(CN(C(=O)C(CC)Oc2ccc3c(c2)CCCC3)C(C)C)o1. The number of amides is 1. The summed E-state index contributed by atoms with van der Waals surface area (Å²) in [7, 11) is 0. The average molecular weight is 386 g/mol. The van der Waals surface area contributed by atoms with Gasteiger partial charge in [0, 0.05) is 12.5 Å². The molecule has 0 radical (unpaired) electrons. The van der Waals surface area contributed by atoms with E-state index < -0.39 is 6.10 Å². The summed E-state index contributed by atoms with van der Waals surface area (Å²) in [6.07, 6.45) is 5.45.